The van der Waals surface area contributed by atoms with E-state index < -0.39 is 8.80 Å². The van der Waals surface area contributed by atoms with Gasteiger partial charge in [-0.05, 0) is 0 Å². The topological polar surface area (TPSA) is 27.7 Å². The van der Waals surface area contributed by atoms with Crippen molar-refractivity contribution in [1.29, 1.82) is 0 Å². The van der Waals surface area contributed by atoms with Crippen molar-refractivity contribution in [2.45, 2.75) is 6.04 Å². The van der Waals surface area contributed by atoms with Gasteiger partial charge in [0, 0.05) is 21.3 Å². The van der Waals surface area contributed by atoms with E-state index in [1.54, 1.807) is 0 Å². The molecule has 0 aliphatic rings. The van der Waals surface area contributed by atoms with Gasteiger partial charge >= 0.3 is 8.80 Å². The van der Waals surface area contributed by atoms with Crippen molar-refractivity contribution in [3.8, 4) is 12.3 Å². The van der Waals surface area contributed by atoms with Crippen LogP contribution in [-0.2, 0) is 13.3 Å². The van der Waals surface area contributed by atoms with Crippen molar-refractivity contribution < 1.29 is 13.3 Å². The van der Waals surface area contributed by atoms with Crippen LogP contribution < -0.4 is 0 Å². The summed E-state index contributed by atoms with van der Waals surface area (Å²) in [5.74, 6) is 2.45. The Bertz CT molecular complexity index is 117. The number of terminal acetylenes is 1. The minimum absolute atomic E-state index is 0.413. The molecule has 0 aliphatic carbocycles. The Labute approximate surface area is 62.7 Å². The predicted octanol–water partition coefficient (Wildman–Crippen LogP) is 0.498. The number of rotatable bonds is 4. The van der Waals surface area contributed by atoms with Crippen LogP contribution in [0.3, 0.4) is 0 Å². The second-order valence-electron chi connectivity index (χ2n) is 1.68. The highest BCUT2D eigenvalue weighted by Gasteiger charge is 2.36. The average Bonchev–Trinajstić information content (AvgIpc) is 2.01. The lowest BCUT2D eigenvalue weighted by atomic mass is 10.8. The largest absolute Gasteiger partial charge is 0.512 e. The average molecular weight is 160 g/mol. The summed E-state index contributed by atoms with van der Waals surface area (Å²) in [4.78, 5) is 0. The normalized spacial score (nSPS) is 11.0. The summed E-state index contributed by atoms with van der Waals surface area (Å²) in [6.07, 6.45) is 5.09. The zero-order valence-corrected chi connectivity index (χ0v) is 7.51. The Kier molecular flexibility index (Phi) is 4.32. The fourth-order valence-electron chi connectivity index (χ4n) is 0.592. The monoisotopic (exact) mass is 160 g/mol. The molecule has 0 spiro atoms. The lowest BCUT2D eigenvalue weighted by molar-refractivity contribution is 0.128. The molecule has 0 aromatic carbocycles. The third-order valence-corrected chi connectivity index (χ3v) is 3.75. The highest BCUT2D eigenvalue weighted by atomic mass is 28.4. The van der Waals surface area contributed by atoms with Crippen LogP contribution in [0.1, 0.15) is 0 Å². The van der Waals surface area contributed by atoms with Gasteiger partial charge in [-0.2, -0.15) is 0 Å². The fourth-order valence-corrected chi connectivity index (χ4v) is 1.77. The molecule has 58 valence electrons. The van der Waals surface area contributed by atoms with Gasteiger partial charge in [-0.25, -0.2) is 0 Å². The van der Waals surface area contributed by atoms with E-state index in [2.05, 4.69) is 5.92 Å². The summed E-state index contributed by atoms with van der Waals surface area (Å²) in [6.45, 7) is 0. The smallest absolute Gasteiger partial charge is 0.376 e. The van der Waals surface area contributed by atoms with Crippen molar-refractivity contribution in [2.24, 2.45) is 0 Å². The van der Waals surface area contributed by atoms with E-state index in [1.165, 1.54) is 21.3 Å². The molecule has 0 bridgehead atoms. The summed E-state index contributed by atoms with van der Waals surface area (Å²) in [5.41, 5.74) is 0. The maximum absolute atomic E-state index is 5.09. The highest BCUT2D eigenvalue weighted by molar-refractivity contribution is 6.61. The highest BCUT2D eigenvalue weighted by Crippen LogP contribution is 2.10. The summed E-state index contributed by atoms with van der Waals surface area (Å²) in [7, 11) is 2.16. The van der Waals surface area contributed by atoms with Crippen molar-refractivity contribution in [3.05, 3.63) is 0 Å². The van der Waals surface area contributed by atoms with Crippen LogP contribution >= 0.6 is 0 Å². The Morgan fingerprint density at radius 3 is 1.70 bits per heavy atom. The molecule has 0 rings (SSSR count). The molecule has 0 radical (unpaired) electrons. The van der Waals surface area contributed by atoms with Gasteiger partial charge in [-0.1, -0.05) is 0 Å². The van der Waals surface area contributed by atoms with Gasteiger partial charge < -0.3 is 13.3 Å². The van der Waals surface area contributed by atoms with Gasteiger partial charge in [0.2, 0.25) is 0 Å². The standard InChI is InChI=1S/C6H12O3Si/c1-5-6-10(7-2,8-3)9-4/h1H,6H2,2-4H3. The lowest BCUT2D eigenvalue weighted by Gasteiger charge is -2.21. The van der Waals surface area contributed by atoms with E-state index in [9.17, 15) is 0 Å². The molecular formula is C6H12O3Si. The first-order chi connectivity index (χ1) is 4.74. The van der Waals surface area contributed by atoms with E-state index in [4.69, 9.17) is 19.7 Å². The molecule has 4 heteroatoms. The summed E-state index contributed by atoms with van der Waals surface area (Å²) in [5, 5.41) is 0. The summed E-state index contributed by atoms with van der Waals surface area (Å²) < 4.78 is 15.1. The zero-order chi connectivity index (χ0) is 8.04. The maximum atomic E-state index is 5.09. The Morgan fingerprint density at radius 1 is 1.20 bits per heavy atom. The van der Waals surface area contributed by atoms with Crippen molar-refractivity contribution in [3.63, 3.8) is 0 Å². The quantitative estimate of drug-likeness (QED) is 0.443. The molecule has 0 saturated carbocycles. The second-order valence-corrected chi connectivity index (χ2v) is 4.62. The zero-order valence-electron chi connectivity index (χ0n) is 6.51. The van der Waals surface area contributed by atoms with Gasteiger partial charge in [-0.15, -0.1) is 12.3 Å². The van der Waals surface area contributed by atoms with Crippen LogP contribution in [0.5, 0.6) is 0 Å². The Hall–Kier alpha value is -0.343. The molecule has 0 atom stereocenters. The van der Waals surface area contributed by atoms with Gasteiger partial charge in [0.15, 0.2) is 0 Å². The fraction of sp³-hybridized carbons (Fsp3) is 0.667. The summed E-state index contributed by atoms with van der Waals surface area (Å²) >= 11 is 0. The molecule has 10 heavy (non-hydrogen) atoms. The van der Waals surface area contributed by atoms with Gasteiger partial charge in [-0.3, -0.25) is 0 Å². The van der Waals surface area contributed by atoms with Crippen LogP contribution in [0, 0.1) is 12.3 Å². The molecule has 0 fully saturated rings. The van der Waals surface area contributed by atoms with Crippen LogP contribution in [0.2, 0.25) is 6.04 Å². The molecule has 0 N–H and O–H groups in total. The SMILES string of the molecule is C#CC[Si](OC)(OC)OC. The first kappa shape index (κ1) is 9.66. The van der Waals surface area contributed by atoms with Crippen molar-refractivity contribution >= 4 is 8.80 Å². The van der Waals surface area contributed by atoms with Crippen molar-refractivity contribution in [2.75, 3.05) is 21.3 Å². The van der Waals surface area contributed by atoms with Gasteiger partial charge in [0.25, 0.3) is 0 Å². The third kappa shape index (κ3) is 2.12. The number of hydrogen-bond donors (Lipinski definition) is 0. The van der Waals surface area contributed by atoms with Crippen LogP contribution in [0.15, 0.2) is 0 Å². The molecule has 3 nitrogen and oxygen atoms in total. The molecule has 0 aromatic rings. The first-order valence-electron chi connectivity index (χ1n) is 2.83. The molecule has 0 unspecified atom stereocenters. The van der Waals surface area contributed by atoms with E-state index in [0.717, 1.165) is 0 Å². The van der Waals surface area contributed by atoms with E-state index in [0.29, 0.717) is 6.04 Å². The van der Waals surface area contributed by atoms with Crippen LogP contribution in [-0.4, -0.2) is 30.1 Å². The Balaban J connectivity index is 4.04. The molecule has 0 saturated heterocycles. The minimum atomic E-state index is -2.45. The van der Waals surface area contributed by atoms with Gasteiger partial charge in [0.05, 0.1) is 6.04 Å². The van der Waals surface area contributed by atoms with E-state index in [1.807, 2.05) is 0 Å². The van der Waals surface area contributed by atoms with E-state index in [-0.39, 0.29) is 0 Å². The first-order valence-corrected chi connectivity index (χ1v) is 4.76. The van der Waals surface area contributed by atoms with Gasteiger partial charge in [0.1, 0.15) is 0 Å². The molecule has 0 amide bonds. The third-order valence-electron chi connectivity index (χ3n) is 1.25. The van der Waals surface area contributed by atoms with E-state index >= 15 is 0 Å². The second kappa shape index (κ2) is 4.47. The summed E-state index contributed by atoms with van der Waals surface area (Å²) in [6, 6.07) is 0.413. The van der Waals surface area contributed by atoms with Crippen molar-refractivity contribution in [1.82, 2.24) is 0 Å². The molecular weight excluding hydrogens is 148 g/mol. The lowest BCUT2D eigenvalue weighted by Crippen LogP contribution is -2.42. The van der Waals surface area contributed by atoms with Crippen LogP contribution in [0.4, 0.5) is 0 Å². The molecule has 0 aliphatic heterocycles. The van der Waals surface area contributed by atoms with Crippen LogP contribution in [0.25, 0.3) is 0 Å². The molecule has 0 aromatic heterocycles. The maximum Gasteiger partial charge on any atom is 0.512 e. The minimum Gasteiger partial charge on any atom is -0.376 e. The Morgan fingerprint density at radius 2 is 1.60 bits per heavy atom. The predicted molar refractivity (Wildman–Crippen MR) is 40.4 cm³/mol. The molecule has 0 heterocycles. The number of hydrogen-bond acceptors (Lipinski definition) is 3.